The lowest BCUT2D eigenvalue weighted by Gasteiger charge is -2.00. The first-order valence-electron chi connectivity index (χ1n) is 5.51. The molecule has 0 saturated carbocycles. The minimum absolute atomic E-state index is 0.731. The van der Waals surface area contributed by atoms with Crippen LogP contribution in [0.4, 0.5) is 0 Å². The SMILES string of the molecule is Cc1ccc(SN/N=C/c2ccc(Cl)cc2)cc1. The fraction of sp³-hybridized carbons (Fsp3) is 0.0714. The van der Waals surface area contributed by atoms with Crippen LogP contribution in [0.15, 0.2) is 58.5 Å². The van der Waals surface area contributed by atoms with Crippen LogP contribution in [0.2, 0.25) is 5.02 Å². The predicted molar refractivity (Wildman–Crippen MR) is 79.2 cm³/mol. The molecule has 2 nitrogen and oxygen atoms in total. The van der Waals surface area contributed by atoms with Crippen LogP contribution in [0.5, 0.6) is 0 Å². The van der Waals surface area contributed by atoms with E-state index in [-0.39, 0.29) is 0 Å². The third-order valence-corrected chi connectivity index (χ3v) is 3.28. The molecule has 2 rings (SSSR count). The van der Waals surface area contributed by atoms with Gasteiger partial charge in [-0.15, -0.1) is 0 Å². The lowest BCUT2D eigenvalue weighted by Crippen LogP contribution is -1.93. The van der Waals surface area contributed by atoms with Gasteiger partial charge < -0.3 is 0 Å². The minimum atomic E-state index is 0.731. The van der Waals surface area contributed by atoms with E-state index >= 15 is 0 Å². The van der Waals surface area contributed by atoms with E-state index in [0.29, 0.717) is 0 Å². The van der Waals surface area contributed by atoms with E-state index in [2.05, 4.69) is 41.1 Å². The number of hydrogen-bond acceptors (Lipinski definition) is 3. The summed E-state index contributed by atoms with van der Waals surface area (Å²) in [6, 6.07) is 15.8. The summed E-state index contributed by atoms with van der Waals surface area (Å²) in [5.74, 6) is 0. The molecule has 92 valence electrons. The third kappa shape index (κ3) is 4.09. The monoisotopic (exact) mass is 276 g/mol. The number of nitrogens with zero attached hydrogens (tertiary/aromatic N) is 1. The summed E-state index contributed by atoms with van der Waals surface area (Å²) in [5, 5.41) is 4.86. The normalized spacial score (nSPS) is 10.8. The average molecular weight is 277 g/mol. The summed E-state index contributed by atoms with van der Waals surface area (Å²) >= 11 is 7.28. The van der Waals surface area contributed by atoms with Gasteiger partial charge in [-0.1, -0.05) is 41.4 Å². The highest BCUT2D eigenvalue weighted by molar-refractivity contribution is 7.97. The molecule has 0 spiro atoms. The van der Waals surface area contributed by atoms with Gasteiger partial charge in [0.2, 0.25) is 0 Å². The summed E-state index contributed by atoms with van der Waals surface area (Å²) in [4.78, 5) is 4.07. The Balaban J connectivity index is 1.84. The summed E-state index contributed by atoms with van der Waals surface area (Å²) in [6.45, 7) is 2.07. The molecule has 0 radical (unpaired) electrons. The first kappa shape index (κ1) is 13.0. The summed E-state index contributed by atoms with van der Waals surface area (Å²) in [5.41, 5.74) is 2.26. The molecule has 0 fully saturated rings. The van der Waals surface area contributed by atoms with Crippen LogP contribution in [0.1, 0.15) is 11.1 Å². The maximum atomic E-state index is 5.80. The third-order valence-electron chi connectivity index (χ3n) is 2.32. The van der Waals surface area contributed by atoms with E-state index in [1.807, 2.05) is 24.3 Å². The zero-order chi connectivity index (χ0) is 12.8. The maximum absolute atomic E-state index is 5.80. The zero-order valence-electron chi connectivity index (χ0n) is 9.93. The van der Waals surface area contributed by atoms with Gasteiger partial charge >= 0.3 is 0 Å². The van der Waals surface area contributed by atoms with Gasteiger partial charge in [-0.3, -0.25) is 0 Å². The van der Waals surface area contributed by atoms with Gasteiger partial charge in [0.15, 0.2) is 0 Å². The van der Waals surface area contributed by atoms with Crippen molar-refractivity contribution in [3.05, 3.63) is 64.7 Å². The maximum Gasteiger partial charge on any atom is 0.0550 e. The van der Waals surface area contributed by atoms with Crippen molar-refractivity contribution in [3.63, 3.8) is 0 Å². The Morgan fingerprint density at radius 1 is 1.06 bits per heavy atom. The number of halogens is 1. The van der Waals surface area contributed by atoms with Crippen LogP contribution >= 0.6 is 23.5 Å². The summed E-state index contributed by atoms with van der Waals surface area (Å²) in [7, 11) is 0. The van der Waals surface area contributed by atoms with Crippen molar-refractivity contribution in [1.29, 1.82) is 0 Å². The number of nitrogens with one attached hydrogen (secondary N) is 1. The first-order chi connectivity index (χ1) is 8.74. The van der Waals surface area contributed by atoms with Crippen molar-refractivity contribution in [2.75, 3.05) is 0 Å². The molecule has 1 N–H and O–H groups in total. The Morgan fingerprint density at radius 3 is 2.39 bits per heavy atom. The van der Waals surface area contributed by atoms with Crippen LogP contribution in [0.25, 0.3) is 0 Å². The van der Waals surface area contributed by atoms with Gasteiger partial charge in [0.25, 0.3) is 0 Å². The van der Waals surface area contributed by atoms with E-state index in [0.717, 1.165) is 15.5 Å². The van der Waals surface area contributed by atoms with Crippen LogP contribution in [-0.2, 0) is 0 Å². The number of aryl methyl sites for hydroxylation is 1. The second kappa shape index (κ2) is 6.47. The highest BCUT2D eigenvalue weighted by Crippen LogP contribution is 2.14. The van der Waals surface area contributed by atoms with Crippen molar-refractivity contribution in [2.24, 2.45) is 5.10 Å². The first-order valence-corrected chi connectivity index (χ1v) is 6.70. The van der Waals surface area contributed by atoms with Crippen molar-refractivity contribution in [1.82, 2.24) is 4.83 Å². The van der Waals surface area contributed by atoms with Crippen molar-refractivity contribution >= 4 is 29.8 Å². The second-order valence-electron chi connectivity index (χ2n) is 3.82. The largest absolute Gasteiger partial charge is 0.247 e. The van der Waals surface area contributed by atoms with Crippen molar-refractivity contribution in [2.45, 2.75) is 11.8 Å². The average Bonchev–Trinajstić information content (AvgIpc) is 2.39. The summed E-state index contributed by atoms with van der Waals surface area (Å²) < 4.78 is 0. The van der Waals surface area contributed by atoms with Gasteiger partial charge in [-0.05, 0) is 36.8 Å². The van der Waals surface area contributed by atoms with E-state index in [1.165, 1.54) is 17.5 Å². The lowest BCUT2D eigenvalue weighted by molar-refractivity contribution is 1.12. The van der Waals surface area contributed by atoms with Gasteiger partial charge in [0.1, 0.15) is 0 Å². The topological polar surface area (TPSA) is 24.4 Å². The molecule has 0 heterocycles. The molecule has 0 aliphatic heterocycles. The van der Waals surface area contributed by atoms with Gasteiger partial charge in [0.05, 0.1) is 6.21 Å². The highest BCUT2D eigenvalue weighted by atomic mass is 35.5. The van der Waals surface area contributed by atoms with Crippen molar-refractivity contribution < 1.29 is 0 Å². The molecular weight excluding hydrogens is 264 g/mol. The number of hydrazone groups is 1. The fourth-order valence-corrected chi connectivity index (χ4v) is 1.94. The fourth-order valence-electron chi connectivity index (χ4n) is 1.34. The number of rotatable bonds is 4. The molecule has 0 amide bonds. The zero-order valence-corrected chi connectivity index (χ0v) is 11.5. The molecule has 2 aromatic carbocycles. The van der Waals surface area contributed by atoms with E-state index < -0.39 is 0 Å². The Bertz CT molecular complexity index is 520. The Labute approximate surface area is 116 Å². The van der Waals surface area contributed by atoms with Crippen LogP contribution in [0, 0.1) is 6.92 Å². The number of hydrogen-bond donors (Lipinski definition) is 1. The van der Waals surface area contributed by atoms with E-state index in [9.17, 15) is 0 Å². The van der Waals surface area contributed by atoms with Gasteiger partial charge in [-0.25, -0.2) is 4.83 Å². The molecule has 0 aliphatic rings. The molecule has 4 heteroatoms. The molecule has 0 unspecified atom stereocenters. The van der Waals surface area contributed by atoms with Crippen molar-refractivity contribution in [3.8, 4) is 0 Å². The quantitative estimate of drug-likeness (QED) is 0.512. The molecule has 0 saturated heterocycles. The molecule has 2 aromatic rings. The van der Waals surface area contributed by atoms with Gasteiger partial charge in [0, 0.05) is 21.9 Å². The Kier molecular flexibility index (Phi) is 4.67. The highest BCUT2D eigenvalue weighted by Gasteiger charge is 1.91. The van der Waals surface area contributed by atoms with E-state index in [4.69, 9.17) is 11.6 Å². The molecule has 0 bridgehead atoms. The molecule has 18 heavy (non-hydrogen) atoms. The lowest BCUT2D eigenvalue weighted by atomic mass is 10.2. The van der Waals surface area contributed by atoms with Crippen LogP contribution < -0.4 is 4.83 Å². The number of benzene rings is 2. The Morgan fingerprint density at radius 2 is 1.72 bits per heavy atom. The smallest absolute Gasteiger partial charge is 0.0550 e. The molecular formula is C14H13ClN2S. The minimum Gasteiger partial charge on any atom is -0.247 e. The Hall–Kier alpha value is -1.45. The predicted octanol–water partition coefficient (Wildman–Crippen LogP) is 4.28. The van der Waals surface area contributed by atoms with Crippen LogP contribution in [0.3, 0.4) is 0 Å². The van der Waals surface area contributed by atoms with Gasteiger partial charge in [-0.2, -0.15) is 5.10 Å². The molecule has 0 aromatic heterocycles. The molecule has 0 aliphatic carbocycles. The molecule has 0 atom stereocenters. The summed E-state index contributed by atoms with van der Waals surface area (Å²) in [6.07, 6.45) is 1.76. The van der Waals surface area contributed by atoms with Crippen LogP contribution in [-0.4, -0.2) is 6.21 Å². The van der Waals surface area contributed by atoms with E-state index in [1.54, 1.807) is 6.21 Å². The second-order valence-corrected chi connectivity index (χ2v) is 5.11. The standard InChI is InChI=1S/C14H13ClN2S/c1-11-2-8-14(9-3-11)18-17-16-10-12-4-6-13(15)7-5-12/h2-10,17H,1H3/b16-10+.